The Bertz CT molecular complexity index is 892. The van der Waals surface area contributed by atoms with Crippen LogP contribution in [0.25, 0.3) is 0 Å². The largest absolute Gasteiger partial charge is 0.395 e. The second-order valence-electron chi connectivity index (χ2n) is 8.86. The molecular formula is C28H34N2O. The summed E-state index contributed by atoms with van der Waals surface area (Å²) in [7, 11) is 0. The predicted molar refractivity (Wildman–Crippen MR) is 128 cm³/mol. The van der Waals surface area contributed by atoms with Crippen molar-refractivity contribution < 1.29 is 5.11 Å². The fourth-order valence-electron chi connectivity index (χ4n) is 4.62. The molecule has 0 bridgehead atoms. The van der Waals surface area contributed by atoms with Gasteiger partial charge in [0.05, 0.1) is 12.6 Å². The van der Waals surface area contributed by atoms with Crippen molar-refractivity contribution in [1.82, 2.24) is 10.2 Å². The van der Waals surface area contributed by atoms with E-state index in [1.165, 1.54) is 27.8 Å². The van der Waals surface area contributed by atoms with Gasteiger partial charge in [0.15, 0.2) is 0 Å². The van der Waals surface area contributed by atoms with Crippen LogP contribution >= 0.6 is 0 Å². The summed E-state index contributed by atoms with van der Waals surface area (Å²) in [4.78, 5) is 2.45. The number of aryl methyl sites for hydroxylation is 2. The van der Waals surface area contributed by atoms with Crippen LogP contribution in [0.1, 0.15) is 52.7 Å². The molecule has 0 radical (unpaired) electrons. The summed E-state index contributed by atoms with van der Waals surface area (Å²) in [5, 5.41) is 13.8. The molecule has 1 aliphatic rings. The molecule has 31 heavy (non-hydrogen) atoms. The van der Waals surface area contributed by atoms with Crippen LogP contribution in [0, 0.1) is 13.8 Å². The summed E-state index contributed by atoms with van der Waals surface area (Å²) in [6.07, 6.45) is 2.24. The van der Waals surface area contributed by atoms with Crippen LogP contribution in [-0.2, 0) is 0 Å². The number of rotatable bonds is 8. The number of likely N-dealkylation sites (tertiary alicyclic amines) is 1. The van der Waals surface area contributed by atoms with Crippen LogP contribution in [0.2, 0.25) is 0 Å². The van der Waals surface area contributed by atoms with E-state index in [0.29, 0.717) is 0 Å². The third kappa shape index (κ3) is 5.43. The van der Waals surface area contributed by atoms with E-state index in [9.17, 15) is 5.11 Å². The third-order valence-corrected chi connectivity index (χ3v) is 6.52. The topological polar surface area (TPSA) is 35.5 Å². The normalized spacial score (nSPS) is 17.9. The third-order valence-electron chi connectivity index (χ3n) is 6.52. The number of benzene rings is 3. The van der Waals surface area contributed by atoms with Gasteiger partial charge < -0.3 is 5.11 Å². The Morgan fingerprint density at radius 1 is 0.839 bits per heavy atom. The highest BCUT2D eigenvalue weighted by Crippen LogP contribution is 2.29. The predicted octanol–water partition coefficient (Wildman–Crippen LogP) is 5.18. The van der Waals surface area contributed by atoms with Gasteiger partial charge in [-0.2, -0.15) is 0 Å². The molecule has 2 atom stereocenters. The van der Waals surface area contributed by atoms with E-state index < -0.39 is 0 Å². The van der Waals surface area contributed by atoms with Gasteiger partial charge in [0, 0.05) is 18.6 Å². The lowest BCUT2D eigenvalue weighted by atomic mass is 9.94. The highest BCUT2D eigenvalue weighted by molar-refractivity contribution is 5.35. The molecule has 3 aromatic carbocycles. The molecule has 0 amide bonds. The maximum Gasteiger partial charge on any atom is 0.0586 e. The molecule has 3 heteroatoms. The zero-order chi connectivity index (χ0) is 21.6. The molecule has 3 nitrogen and oxygen atoms in total. The van der Waals surface area contributed by atoms with Crippen LogP contribution in [0.4, 0.5) is 0 Å². The first-order valence-corrected chi connectivity index (χ1v) is 11.4. The quantitative estimate of drug-likeness (QED) is 0.533. The van der Waals surface area contributed by atoms with Crippen molar-refractivity contribution in [2.75, 3.05) is 19.7 Å². The van der Waals surface area contributed by atoms with Gasteiger partial charge in [0.2, 0.25) is 0 Å². The highest BCUT2D eigenvalue weighted by Gasteiger charge is 2.28. The molecule has 0 aromatic heterocycles. The zero-order valence-electron chi connectivity index (χ0n) is 18.7. The van der Waals surface area contributed by atoms with E-state index in [2.05, 4.69) is 103 Å². The monoisotopic (exact) mass is 414 g/mol. The minimum absolute atomic E-state index is 0.0987. The maximum absolute atomic E-state index is 9.85. The molecule has 4 rings (SSSR count). The second-order valence-corrected chi connectivity index (χ2v) is 8.86. The van der Waals surface area contributed by atoms with Gasteiger partial charge in [-0.15, -0.1) is 0 Å². The number of aliphatic hydroxyl groups excluding tert-OH is 1. The summed E-state index contributed by atoms with van der Waals surface area (Å²) in [6.45, 7) is 6.45. The average Bonchev–Trinajstić information content (AvgIpc) is 3.26. The van der Waals surface area contributed by atoms with E-state index in [1.54, 1.807) is 0 Å². The van der Waals surface area contributed by atoms with Crippen LogP contribution in [-0.4, -0.2) is 35.7 Å². The zero-order valence-corrected chi connectivity index (χ0v) is 18.7. The summed E-state index contributed by atoms with van der Waals surface area (Å²) < 4.78 is 0. The molecule has 3 aromatic rings. The lowest BCUT2D eigenvalue weighted by Gasteiger charge is -2.32. The molecule has 1 heterocycles. The number of hydrogen-bond donors (Lipinski definition) is 2. The lowest BCUT2D eigenvalue weighted by molar-refractivity contribution is 0.146. The molecule has 1 saturated heterocycles. The summed E-state index contributed by atoms with van der Waals surface area (Å²) in [5.74, 6) is 0. The van der Waals surface area contributed by atoms with Crippen molar-refractivity contribution in [2.24, 2.45) is 0 Å². The average molecular weight is 415 g/mol. The van der Waals surface area contributed by atoms with Crippen molar-refractivity contribution in [2.45, 2.75) is 44.8 Å². The van der Waals surface area contributed by atoms with E-state index >= 15 is 0 Å². The first-order chi connectivity index (χ1) is 15.1. The standard InChI is InChI=1S/C28H34N2O/c1-21-10-14-24(15-11-21)28(25-16-12-22(2)13-17-25)29-27(23-7-4-3-5-8-23)19-30-18-6-9-26(30)20-31/h3-5,7-8,10-17,26-29,31H,6,9,18-20H2,1-2H3/t26-,27-/m0/s1. The van der Waals surface area contributed by atoms with Gasteiger partial charge in [-0.1, -0.05) is 90.0 Å². The van der Waals surface area contributed by atoms with Crippen molar-refractivity contribution in [3.05, 3.63) is 107 Å². The molecule has 0 unspecified atom stereocenters. The maximum atomic E-state index is 9.85. The first-order valence-electron chi connectivity index (χ1n) is 11.4. The Kier molecular flexibility index (Phi) is 7.18. The van der Waals surface area contributed by atoms with E-state index in [4.69, 9.17) is 0 Å². The van der Waals surface area contributed by atoms with E-state index in [0.717, 1.165) is 25.9 Å². The van der Waals surface area contributed by atoms with Crippen LogP contribution in [0.3, 0.4) is 0 Å². The van der Waals surface area contributed by atoms with Crippen molar-refractivity contribution in [1.29, 1.82) is 0 Å². The highest BCUT2D eigenvalue weighted by atomic mass is 16.3. The minimum Gasteiger partial charge on any atom is -0.395 e. The van der Waals surface area contributed by atoms with Gasteiger partial charge in [-0.3, -0.25) is 10.2 Å². The Balaban J connectivity index is 1.67. The molecular weight excluding hydrogens is 380 g/mol. The second kappa shape index (κ2) is 10.2. The van der Waals surface area contributed by atoms with Gasteiger partial charge in [-0.05, 0) is 49.9 Å². The summed E-state index contributed by atoms with van der Waals surface area (Å²) in [6, 6.07) is 29.0. The van der Waals surface area contributed by atoms with Gasteiger partial charge in [-0.25, -0.2) is 0 Å². The Labute approximate surface area is 186 Å². The fraction of sp³-hybridized carbons (Fsp3) is 0.357. The molecule has 1 fully saturated rings. The van der Waals surface area contributed by atoms with Crippen LogP contribution < -0.4 is 5.32 Å². The van der Waals surface area contributed by atoms with Crippen molar-refractivity contribution in [3.63, 3.8) is 0 Å². The van der Waals surface area contributed by atoms with Gasteiger partial charge in [0.25, 0.3) is 0 Å². The molecule has 0 saturated carbocycles. The smallest absolute Gasteiger partial charge is 0.0586 e. The van der Waals surface area contributed by atoms with Crippen molar-refractivity contribution in [3.8, 4) is 0 Å². The van der Waals surface area contributed by atoms with Gasteiger partial charge >= 0.3 is 0 Å². The Hall–Kier alpha value is -2.46. The molecule has 1 aliphatic heterocycles. The number of nitrogens with one attached hydrogen (secondary N) is 1. The molecule has 2 N–H and O–H groups in total. The number of nitrogens with zero attached hydrogens (tertiary/aromatic N) is 1. The lowest BCUT2D eigenvalue weighted by Crippen LogP contribution is -2.40. The van der Waals surface area contributed by atoms with E-state index in [1.807, 2.05) is 0 Å². The Morgan fingerprint density at radius 2 is 1.42 bits per heavy atom. The van der Waals surface area contributed by atoms with Crippen LogP contribution in [0.5, 0.6) is 0 Å². The minimum atomic E-state index is 0.0987. The van der Waals surface area contributed by atoms with Gasteiger partial charge in [0.1, 0.15) is 0 Å². The first kappa shape index (κ1) is 21.8. The molecule has 0 spiro atoms. The molecule has 0 aliphatic carbocycles. The fourth-order valence-corrected chi connectivity index (χ4v) is 4.62. The SMILES string of the molecule is Cc1ccc(C(N[C@@H](CN2CCC[C@H]2CO)c2ccccc2)c2ccc(C)cc2)cc1. The van der Waals surface area contributed by atoms with Crippen LogP contribution in [0.15, 0.2) is 78.9 Å². The summed E-state index contributed by atoms with van der Waals surface area (Å²) in [5.41, 5.74) is 6.38. The summed E-state index contributed by atoms with van der Waals surface area (Å²) >= 11 is 0. The van der Waals surface area contributed by atoms with Crippen molar-refractivity contribution >= 4 is 0 Å². The number of aliphatic hydroxyl groups is 1. The molecule has 162 valence electrons. The Morgan fingerprint density at radius 3 is 1.97 bits per heavy atom. The number of hydrogen-bond acceptors (Lipinski definition) is 3. The van der Waals surface area contributed by atoms with E-state index in [-0.39, 0.29) is 24.7 Å².